The molecule has 0 radical (unpaired) electrons. The molecule has 0 aliphatic heterocycles. The molecule has 0 bridgehead atoms. The van der Waals surface area contributed by atoms with Crippen molar-refractivity contribution >= 4 is 17.7 Å². The van der Waals surface area contributed by atoms with Crippen LogP contribution in [0.5, 0.6) is 5.75 Å². The van der Waals surface area contributed by atoms with Crippen LogP contribution < -0.4 is 4.74 Å². The second-order valence-corrected chi connectivity index (χ2v) is 4.75. The number of hydrogen-bond donors (Lipinski definition) is 0. The molecule has 0 spiro atoms. The van der Waals surface area contributed by atoms with Crippen LogP contribution in [0.2, 0.25) is 5.02 Å². The van der Waals surface area contributed by atoms with E-state index < -0.39 is 0 Å². The molecule has 0 aliphatic carbocycles. The van der Waals surface area contributed by atoms with Crippen molar-refractivity contribution in [3.8, 4) is 5.75 Å². The maximum absolute atomic E-state index is 11.0. The van der Waals surface area contributed by atoms with E-state index in [4.69, 9.17) is 16.3 Å². The minimum absolute atomic E-state index is 0.136. The summed E-state index contributed by atoms with van der Waals surface area (Å²) in [6.45, 7) is 3.86. The Morgan fingerprint density at radius 3 is 2.72 bits per heavy atom. The average molecular weight is 270 g/mol. The van der Waals surface area contributed by atoms with Crippen LogP contribution in [0.3, 0.4) is 0 Å². The summed E-state index contributed by atoms with van der Waals surface area (Å²) in [4.78, 5) is 10.6. The molecule has 0 amide bonds. The van der Waals surface area contributed by atoms with Crippen molar-refractivity contribution in [2.24, 2.45) is 5.92 Å². The molecule has 1 aromatic carbocycles. The predicted molar refractivity (Wildman–Crippen MR) is 72.4 cm³/mol. The summed E-state index contributed by atoms with van der Waals surface area (Å²) < 4.78 is 5.16. The van der Waals surface area contributed by atoms with Crippen LogP contribution in [-0.2, 0) is 0 Å². The number of benzene rings is 1. The molecule has 0 unspecified atom stereocenters. The van der Waals surface area contributed by atoms with Gasteiger partial charge < -0.3 is 4.74 Å². The van der Waals surface area contributed by atoms with E-state index in [2.05, 4.69) is 0 Å². The second-order valence-electron chi connectivity index (χ2n) is 4.35. The van der Waals surface area contributed by atoms with E-state index in [0.29, 0.717) is 22.8 Å². The summed E-state index contributed by atoms with van der Waals surface area (Å²) in [5.74, 6) is 0.737. The molecule has 0 N–H and O–H groups in total. The first-order chi connectivity index (χ1) is 8.45. The van der Waals surface area contributed by atoms with E-state index in [1.165, 1.54) is 13.2 Å². The van der Waals surface area contributed by atoms with Crippen molar-refractivity contribution in [3.05, 3.63) is 44.6 Å². The third kappa shape index (κ3) is 3.74. The minimum Gasteiger partial charge on any atom is -0.496 e. The van der Waals surface area contributed by atoms with E-state index in [1.807, 2.05) is 13.8 Å². The molecule has 1 aromatic rings. The van der Waals surface area contributed by atoms with Gasteiger partial charge >= 0.3 is 0 Å². The van der Waals surface area contributed by atoms with E-state index in [9.17, 15) is 10.1 Å². The third-order valence-electron chi connectivity index (χ3n) is 2.40. The standard InChI is InChI=1S/C13H16ClNO3/c1-9(2)7-10(15(16)17)8-11-12(14)5-4-6-13(11)18-3/h4-6,8-9H,7H2,1-3H3/b10-8-. The molecule has 0 aromatic heterocycles. The molecule has 0 fully saturated rings. The number of hydrogen-bond acceptors (Lipinski definition) is 3. The zero-order valence-electron chi connectivity index (χ0n) is 10.6. The number of nitrogens with zero attached hydrogens (tertiary/aromatic N) is 1. The van der Waals surface area contributed by atoms with Crippen LogP contribution in [0.15, 0.2) is 23.9 Å². The van der Waals surface area contributed by atoms with Gasteiger partial charge in [-0.05, 0) is 18.1 Å². The van der Waals surface area contributed by atoms with E-state index >= 15 is 0 Å². The van der Waals surface area contributed by atoms with Crippen molar-refractivity contribution in [3.63, 3.8) is 0 Å². The van der Waals surface area contributed by atoms with Gasteiger partial charge in [0, 0.05) is 18.1 Å². The van der Waals surface area contributed by atoms with Crippen molar-refractivity contribution in [1.82, 2.24) is 0 Å². The van der Waals surface area contributed by atoms with Crippen LogP contribution >= 0.6 is 11.6 Å². The van der Waals surface area contributed by atoms with E-state index in [0.717, 1.165) is 0 Å². The molecule has 5 heteroatoms. The first-order valence-corrected chi connectivity index (χ1v) is 6.01. The smallest absolute Gasteiger partial charge is 0.247 e. The lowest BCUT2D eigenvalue weighted by Gasteiger charge is -2.07. The molecule has 0 saturated heterocycles. The Kier molecular flexibility index (Phi) is 5.16. The van der Waals surface area contributed by atoms with Gasteiger partial charge in [0.25, 0.3) is 0 Å². The summed E-state index contributed by atoms with van der Waals surface area (Å²) in [6, 6.07) is 5.15. The summed E-state index contributed by atoms with van der Waals surface area (Å²) in [6.07, 6.45) is 1.88. The number of rotatable bonds is 5. The monoisotopic (exact) mass is 269 g/mol. The fourth-order valence-corrected chi connectivity index (χ4v) is 1.83. The third-order valence-corrected chi connectivity index (χ3v) is 2.73. The highest BCUT2D eigenvalue weighted by molar-refractivity contribution is 6.32. The molecule has 18 heavy (non-hydrogen) atoms. The van der Waals surface area contributed by atoms with Gasteiger partial charge in [-0.3, -0.25) is 10.1 Å². The van der Waals surface area contributed by atoms with Crippen molar-refractivity contribution in [2.75, 3.05) is 7.11 Å². The molecule has 0 saturated carbocycles. The maximum atomic E-state index is 11.0. The van der Waals surface area contributed by atoms with Crippen LogP contribution in [-0.4, -0.2) is 12.0 Å². The van der Waals surface area contributed by atoms with Crippen LogP contribution in [0, 0.1) is 16.0 Å². The second kappa shape index (κ2) is 6.40. The molecular formula is C13H16ClNO3. The Hall–Kier alpha value is -1.55. The zero-order chi connectivity index (χ0) is 13.7. The number of halogens is 1. The SMILES string of the molecule is COc1cccc(Cl)c1/C=C(/CC(C)C)[N+](=O)[O-]. The van der Waals surface area contributed by atoms with Crippen LogP contribution in [0.4, 0.5) is 0 Å². The minimum atomic E-state index is -0.372. The van der Waals surface area contributed by atoms with Gasteiger partial charge in [-0.2, -0.15) is 0 Å². The Bertz CT molecular complexity index is 469. The molecular weight excluding hydrogens is 254 g/mol. The highest BCUT2D eigenvalue weighted by atomic mass is 35.5. The summed E-state index contributed by atoms with van der Waals surface area (Å²) in [5.41, 5.74) is 0.686. The van der Waals surface area contributed by atoms with Gasteiger partial charge in [-0.1, -0.05) is 31.5 Å². The van der Waals surface area contributed by atoms with Gasteiger partial charge in [-0.25, -0.2) is 0 Å². The average Bonchev–Trinajstić information content (AvgIpc) is 2.29. The molecule has 98 valence electrons. The predicted octanol–water partition coefficient (Wildman–Crippen LogP) is 4.01. The number of allylic oxidation sites excluding steroid dienone is 1. The maximum Gasteiger partial charge on any atom is 0.247 e. The first kappa shape index (κ1) is 14.5. The van der Waals surface area contributed by atoms with E-state index in [1.54, 1.807) is 18.2 Å². The molecule has 0 aliphatic rings. The van der Waals surface area contributed by atoms with Gasteiger partial charge in [0.05, 0.1) is 17.1 Å². The number of nitro groups is 1. The first-order valence-electron chi connectivity index (χ1n) is 5.63. The fraction of sp³-hybridized carbons (Fsp3) is 0.385. The molecule has 1 rings (SSSR count). The summed E-state index contributed by atoms with van der Waals surface area (Å²) in [7, 11) is 1.51. The van der Waals surface area contributed by atoms with Gasteiger partial charge in [-0.15, -0.1) is 0 Å². The normalized spacial score (nSPS) is 11.7. The topological polar surface area (TPSA) is 52.4 Å². The summed E-state index contributed by atoms with van der Waals surface area (Å²) in [5, 5.41) is 11.4. The van der Waals surface area contributed by atoms with Gasteiger partial charge in [0.2, 0.25) is 5.70 Å². The van der Waals surface area contributed by atoms with Crippen molar-refractivity contribution in [1.29, 1.82) is 0 Å². The van der Waals surface area contributed by atoms with Crippen LogP contribution in [0.1, 0.15) is 25.8 Å². The Balaban J connectivity index is 3.23. The lowest BCUT2D eigenvalue weighted by atomic mass is 10.1. The Morgan fingerprint density at radius 2 is 2.22 bits per heavy atom. The van der Waals surface area contributed by atoms with Gasteiger partial charge in [0.1, 0.15) is 5.75 Å². The zero-order valence-corrected chi connectivity index (χ0v) is 11.4. The largest absolute Gasteiger partial charge is 0.496 e. The molecule has 4 nitrogen and oxygen atoms in total. The molecule has 0 heterocycles. The Morgan fingerprint density at radius 1 is 1.56 bits per heavy atom. The highest BCUT2D eigenvalue weighted by Gasteiger charge is 2.16. The van der Waals surface area contributed by atoms with E-state index in [-0.39, 0.29) is 16.5 Å². The quantitative estimate of drug-likeness (QED) is 0.599. The molecule has 0 atom stereocenters. The van der Waals surface area contributed by atoms with Gasteiger partial charge in [0.15, 0.2) is 0 Å². The lowest BCUT2D eigenvalue weighted by Crippen LogP contribution is -2.03. The van der Waals surface area contributed by atoms with Crippen molar-refractivity contribution in [2.45, 2.75) is 20.3 Å². The van der Waals surface area contributed by atoms with Crippen molar-refractivity contribution < 1.29 is 9.66 Å². The lowest BCUT2D eigenvalue weighted by molar-refractivity contribution is -0.427. The van der Waals surface area contributed by atoms with Crippen LogP contribution in [0.25, 0.3) is 6.08 Å². The highest BCUT2D eigenvalue weighted by Crippen LogP contribution is 2.29. The number of ether oxygens (including phenoxy) is 1. The summed E-state index contributed by atoms with van der Waals surface area (Å²) >= 11 is 6.05. The Labute approximate surface area is 111 Å². The number of methoxy groups -OCH3 is 1. The fourth-order valence-electron chi connectivity index (χ4n) is 1.61.